The second kappa shape index (κ2) is 11.2. The normalized spacial score (nSPS) is 15.8. The molecule has 0 saturated heterocycles. The van der Waals surface area contributed by atoms with Crippen LogP contribution in [0.15, 0.2) is 42.7 Å². The monoisotopic (exact) mass is 518 g/mol. The highest BCUT2D eigenvalue weighted by Crippen LogP contribution is 2.39. The smallest absolute Gasteiger partial charge is 0.307 e. The summed E-state index contributed by atoms with van der Waals surface area (Å²) >= 11 is 1.52. The maximum absolute atomic E-state index is 14.1. The lowest BCUT2D eigenvalue weighted by Crippen LogP contribution is -2.35. The van der Waals surface area contributed by atoms with E-state index in [1.54, 1.807) is 6.20 Å². The van der Waals surface area contributed by atoms with Crippen molar-refractivity contribution >= 4 is 22.9 Å². The topological polar surface area (TPSA) is 50.2 Å². The van der Waals surface area contributed by atoms with Gasteiger partial charge in [0.2, 0.25) is 5.91 Å². The van der Waals surface area contributed by atoms with E-state index in [-0.39, 0.29) is 18.4 Å². The molecular weight excluding hydrogens is 485 g/mol. The number of fused-ring (bicyclic) bond motifs is 1. The van der Waals surface area contributed by atoms with E-state index in [0.717, 1.165) is 52.4 Å². The average molecular weight is 519 g/mol. The fourth-order valence-electron chi connectivity index (χ4n) is 4.65. The van der Waals surface area contributed by atoms with Gasteiger partial charge in [-0.25, -0.2) is 0 Å². The molecule has 5 nitrogen and oxygen atoms in total. The van der Waals surface area contributed by atoms with Gasteiger partial charge in [0.15, 0.2) is 0 Å². The number of hydrogen-bond donors (Lipinski definition) is 1. The first-order chi connectivity index (χ1) is 17.1. The molecule has 9 heteroatoms. The molecule has 0 aliphatic heterocycles. The molecule has 4 rings (SSSR count). The number of amides is 1. The highest BCUT2D eigenvalue weighted by atomic mass is 32.1. The molecule has 0 fully saturated rings. The second-order valence-corrected chi connectivity index (χ2v) is 10.9. The average Bonchev–Trinajstić information content (AvgIpc) is 3.47. The molecule has 1 aromatic carbocycles. The lowest BCUT2D eigenvalue weighted by atomic mass is 9.86. The summed E-state index contributed by atoms with van der Waals surface area (Å²) in [5.74, 6) is 0.0968. The third-order valence-corrected chi connectivity index (χ3v) is 7.79. The molecule has 1 atom stereocenters. The number of benzene rings is 1. The zero-order valence-electron chi connectivity index (χ0n) is 20.9. The van der Waals surface area contributed by atoms with Gasteiger partial charge in [-0.3, -0.25) is 9.48 Å². The Morgan fingerprint density at radius 1 is 1.28 bits per heavy atom. The van der Waals surface area contributed by atoms with Crippen LogP contribution in [0.1, 0.15) is 71.9 Å². The fourth-order valence-corrected chi connectivity index (χ4v) is 5.89. The second-order valence-electron chi connectivity index (χ2n) is 9.63. The SMILES string of the molecule is CCn1cc(CN(C(=O)C2CCCc3sc(CNCC(F)(F)F)cc32)c2ccc(C(C)C)cc2)cn1. The number of carbonyl (C=O) groups excluding carboxylic acids is 1. The molecule has 1 aliphatic rings. The molecule has 1 N–H and O–H groups in total. The van der Waals surface area contributed by atoms with E-state index in [4.69, 9.17) is 0 Å². The van der Waals surface area contributed by atoms with Crippen LogP contribution >= 0.6 is 11.3 Å². The molecule has 0 bridgehead atoms. The van der Waals surface area contributed by atoms with Crippen molar-refractivity contribution in [3.63, 3.8) is 0 Å². The molecule has 0 spiro atoms. The summed E-state index contributed by atoms with van der Waals surface area (Å²) in [6, 6.07) is 10.1. The summed E-state index contributed by atoms with van der Waals surface area (Å²) in [5.41, 5.74) is 3.96. The van der Waals surface area contributed by atoms with Crippen LogP contribution in [0.4, 0.5) is 18.9 Å². The Balaban J connectivity index is 1.60. The largest absolute Gasteiger partial charge is 0.401 e. The minimum atomic E-state index is -4.24. The van der Waals surface area contributed by atoms with Crippen LogP contribution in [0.2, 0.25) is 0 Å². The van der Waals surface area contributed by atoms with Gasteiger partial charge in [-0.05, 0) is 61.4 Å². The Morgan fingerprint density at radius 2 is 2.03 bits per heavy atom. The van der Waals surface area contributed by atoms with Gasteiger partial charge in [0.1, 0.15) is 0 Å². The molecule has 0 radical (unpaired) electrons. The number of anilines is 1. The molecular formula is C27H33F3N4OS. The van der Waals surface area contributed by atoms with Crippen molar-refractivity contribution in [3.05, 3.63) is 69.2 Å². The zero-order chi connectivity index (χ0) is 25.9. The summed E-state index contributed by atoms with van der Waals surface area (Å²) in [5, 5.41) is 6.85. The first-order valence-electron chi connectivity index (χ1n) is 12.5. The zero-order valence-corrected chi connectivity index (χ0v) is 21.8. The van der Waals surface area contributed by atoms with E-state index >= 15 is 0 Å². The molecule has 1 aliphatic carbocycles. The predicted molar refractivity (Wildman–Crippen MR) is 137 cm³/mol. The Bertz CT molecular complexity index is 1170. The van der Waals surface area contributed by atoms with Gasteiger partial charge in [-0.1, -0.05) is 26.0 Å². The highest BCUT2D eigenvalue weighted by molar-refractivity contribution is 7.12. The van der Waals surface area contributed by atoms with Crippen LogP contribution in [0.25, 0.3) is 0 Å². The van der Waals surface area contributed by atoms with Crippen molar-refractivity contribution in [3.8, 4) is 0 Å². The number of halogens is 3. The highest BCUT2D eigenvalue weighted by Gasteiger charge is 2.33. The van der Waals surface area contributed by atoms with Gasteiger partial charge in [-0.2, -0.15) is 18.3 Å². The van der Waals surface area contributed by atoms with Crippen LogP contribution in [0, 0.1) is 0 Å². The number of carbonyl (C=O) groups is 1. The van der Waals surface area contributed by atoms with Crippen LogP contribution in [0.3, 0.4) is 0 Å². The molecule has 1 unspecified atom stereocenters. The molecule has 36 heavy (non-hydrogen) atoms. The number of nitrogens with one attached hydrogen (secondary N) is 1. The predicted octanol–water partition coefficient (Wildman–Crippen LogP) is 6.39. The minimum absolute atomic E-state index is 0.0186. The number of alkyl halides is 3. The summed E-state index contributed by atoms with van der Waals surface area (Å²) in [7, 11) is 0. The first-order valence-corrected chi connectivity index (χ1v) is 13.3. The van der Waals surface area contributed by atoms with Crippen LogP contribution in [-0.4, -0.2) is 28.4 Å². The molecule has 3 aromatic rings. The van der Waals surface area contributed by atoms with Crippen molar-refractivity contribution in [1.29, 1.82) is 0 Å². The number of thiophene rings is 1. The van der Waals surface area contributed by atoms with E-state index in [1.165, 1.54) is 16.9 Å². The van der Waals surface area contributed by atoms with Gasteiger partial charge in [-0.15, -0.1) is 11.3 Å². The van der Waals surface area contributed by atoms with Gasteiger partial charge in [0, 0.05) is 40.3 Å². The van der Waals surface area contributed by atoms with Crippen LogP contribution in [0.5, 0.6) is 0 Å². The van der Waals surface area contributed by atoms with Crippen molar-refractivity contribution in [2.45, 2.75) is 77.7 Å². The third kappa shape index (κ3) is 6.37. The van der Waals surface area contributed by atoms with E-state index < -0.39 is 12.7 Å². The number of aryl methyl sites for hydroxylation is 2. The van der Waals surface area contributed by atoms with Gasteiger partial charge in [0.05, 0.1) is 25.2 Å². The van der Waals surface area contributed by atoms with E-state index in [2.05, 4.69) is 36.4 Å². The van der Waals surface area contributed by atoms with Crippen LogP contribution in [-0.2, 0) is 30.8 Å². The number of aromatic nitrogens is 2. The number of hydrogen-bond acceptors (Lipinski definition) is 4. The Hall–Kier alpha value is -2.65. The quantitative estimate of drug-likeness (QED) is 0.357. The molecule has 194 valence electrons. The number of nitrogens with zero attached hydrogens (tertiary/aromatic N) is 3. The van der Waals surface area contributed by atoms with Crippen molar-refractivity contribution in [2.75, 3.05) is 11.4 Å². The Morgan fingerprint density at radius 3 is 2.67 bits per heavy atom. The Kier molecular flexibility index (Phi) is 8.20. The van der Waals surface area contributed by atoms with E-state index in [0.29, 0.717) is 12.5 Å². The molecule has 0 saturated carbocycles. The lowest BCUT2D eigenvalue weighted by molar-refractivity contribution is -0.125. The maximum atomic E-state index is 14.1. The van der Waals surface area contributed by atoms with Crippen molar-refractivity contribution in [1.82, 2.24) is 15.1 Å². The lowest BCUT2D eigenvalue weighted by Gasteiger charge is -2.30. The summed E-state index contributed by atoms with van der Waals surface area (Å²) in [6.07, 6.45) is 1.99. The van der Waals surface area contributed by atoms with Gasteiger partial charge in [0.25, 0.3) is 0 Å². The van der Waals surface area contributed by atoms with Crippen molar-refractivity contribution in [2.24, 2.45) is 0 Å². The third-order valence-electron chi connectivity index (χ3n) is 6.58. The van der Waals surface area contributed by atoms with Gasteiger partial charge < -0.3 is 10.2 Å². The van der Waals surface area contributed by atoms with E-state index in [1.807, 2.05) is 40.9 Å². The standard InChI is InChI=1S/C27H33F3N4OS/c1-4-33-15-19(13-32-33)16-34(21-10-8-20(9-11-21)18(2)3)26(35)23-6-5-7-25-24(23)12-22(36-25)14-31-17-27(28,29)30/h8-13,15,18,23,31H,4-7,14,16-17H2,1-3H3. The fraction of sp³-hybridized carbons (Fsp3) is 0.481. The summed E-state index contributed by atoms with van der Waals surface area (Å²) in [4.78, 5) is 17.8. The maximum Gasteiger partial charge on any atom is 0.401 e. The molecule has 2 aromatic heterocycles. The molecule has 1 amide bonds. The van der Waals surface area contributed by atoms with E-state index in [9.17, 15) is 18.0 Å². The molecule has 2 heterocycles. The Labute approximate surface area is 214 Å². The van der Waals surface area contributed by atoms with Gasteiger partial charge >= 0.3 is 6.18 Å². The van der Waals surface area contributed by atoms with Crippen LogP contribution < -0.4 is 10.2 Å². The summed E-state index contributed by atoms with van der Waals surface area (Å²) < 4.78 is 39.5. The summed E-state index contributed by atoms with van der Waals surface area (Å²) in [6.45, 7) is 6.58. The first kappa shape index (κ1) is 26.4. The minimum Gasteiger partial charge on any atom is -0.307 e. The number of rotatable bonds is 9. The van der Waals surface area contributed by atoms with Crippen molar-refractivity contribution < 1.29 is 18.0 Å².